The number of ketones is 1. The number of ether oxygens (including phenoxy) is 5. The third kappa shape index (κ3) is 33.7. The number of likely N-dealkylation sites (tertiary alicyclic amines) is 3. The van der Waals surface area contributed by atoms with Gasteiger partial charge in [0.2, 0.25) is 17.7 Å². The van der Waals surface area contributed by atoms with Gasteiger partial charge in [-0.05, 0) is 189 Å². The third-order valence-corrected chi connectivity index (χ3v) is 26.3. The fourth-order valence-electron chi connectivity index (χ4n) is 19.2. The number of rotatable bonds is 24. The van der Waals surface area contributed by atoms with Crippen molar-refractivity contribution in [3.8, 4) is 28.7 Å². The summed E-state index contributed by atoms with van der Waals surface area (Å²) in [6, 6.07) is 40.0. The maximum absolute atomic E-state index is 13.6. The first-order valence-corrected chi connectivity index (χ1v) is 49.3. The largest absolute Gasteiger partial charge is 0.492 e. The first-order chi connectivity index (χ1) is 69.0. The van der Waals surface area contributed by atoms with Crippen molar-refractivity contribution in [2.75, 3.05) is 87.8 Å². The highest BCUT2D eigenvalue weighted by Gasteiger charge is 2.46. The quantitative estimate of drug-likeness (QED) is 0.0327. The van der Waals surface area contributed by atoms with Crippen molar-refractivity contribution < 1.29 is 90.8 Å². The Bertz CT molecular complexity index is 6170. The number of aromatic nitrogens is 5. The van der Waals surface area contributed by atoms with Crippen molar-refractivity contribution in [1.29, 1.82) is 0 Å². The Morgan fingerprint density at radius 1 is 0.434 bits per heavy atom. The zero-order valence-electron chi connectivity index (χ0n) is 86.6. The molecule has 3 unspecified atom stereocenters. The van der Waals surface area contributed by atoms with Gasteiger partial charge >= 0.3 is 30.8 Å². The number of piperidine rings is 4. The normalized spacial score (nSPS) is 16.5. The SMILES string of the molecule is C=C(C(C)C)N1C2CCC1CC(Oc1cccc3nc(C)cc(N)c13)C2.C=C(C(C)C)N1CCCC(COc2cccc3nc(C)cc(N)c23)C1.CCC(=O)CC(C)(C)COc1cccc2nc(C)cc(N)c12.Cc1cc(N)c2c(OC3CCN(C(=O)C(C)C)CC3)cccc2n1.Cc1cc(N)c2c(OCC3(C(=O)NC4CCCC4)CCN(C(=O)C(C)C)CC3)cccc2n1.O=C=O.O=C=O.O=C=O.O=C=O.O=C=O. The maximum atomic E-state index is 13.6. The van der Waals surface area contributed by atoms with Crippen molar-refractivity contribution in [2.24, 2.45) is 40.4 Å². The van der Waals surface area contributed by atoms with Gasteiger partial charge in [-0.2, -0.15) is 47.9 Å². The van der Waals surface area contributed by atoms with Gasteiger partial charge in [0.25, 0.3) is 0 Å². The molecular formula is C111H143N15O19. The van der Waals surface area contributed by atoms with Gasteiger partial charge in [0.1, 0.15) is 53.3 Å². The summed E-state index contributed by atoms with van der Waals surface area (Å²) in [6.45, 7) is 47.0. The zero-order chi connectivity index (χ0) is 107. The van der Waals surface area contributed by atoms with Gasteiger partial charge in [0.15, 0.2) is 0 Å². The molecule has 1 aliphatic carbocycles. The van der Waals surface area contributed by atoms with Gasteiger partial charge in [-0.1, -0.05) is 132 Å². The molecule has 5 aromatic heterocycles. The Labute approximate surface area is 848 Å². The van der Waals surface area contributed by atoms with Gasteiger partial charge in [-0.15, -0.1) is 0 Å². The van der Waals surface area contributed by atoms with Crippen LogP contribution in [0.3, 0.4) is 0 Å². The van der Waals surface area contributed by atoms with E-state index in [1.807, 2.05) is 214 Å². The molecule has 3 amide bonds. The van der Waals surface area contributed by atoms with Crippen LogP contribution in [0.1, 0.15) is 207 Å². The number of fused-ring (bicyclic) bond motifs is 7. The first kappa shape index (κ1) is 117. The second-order valence-electron chi connectivity index (χ2n) is 39.3. The molecule has 5 aromatic carbocycles. The predicted molar refractivity (Wildman–Crippen MR) is 553 cm³/mol. The number of Topliss-reactive ketones (excluding diaryl/α,β-unsaturated/α-hetero) is 1. The van der Waals surface area contributed by atoms with E-state index in [1.165, 1.54) is 37.1 Å². The van der Waals surface area contributed by atoms with Crippen LogP contribution >= 0.6 is 0 Å². The highest BCUT2D eigenvalue weighted by atomic mass is 16.5. The Morgan fingerprint density at radius 2 is 0.779 bits per heavy atom. The topological polar surface area (TPSA) is 505 Å². The number of carbonyl (C=O) groups is 4. The van der Waals surface area contributed by atoms with Gasteiger partial charge in [0, 0.05) is 187 Å². The fraction of sp³-hybridized carbons (Fsp3) is 0.477. The molecule has 776 valence electrons. The number of nitrogens with one attached hydrogen (secondary N) is 1. The summed E-state index contributed by atoms with van der Waals surface area (Å²) < 4.78 is 31.2. The minimum atomic E-state index is -0.675. The maximum Gasteiger partial charge on any atom is 0.373 e. The Balaban J connectivity index is 0.000000238. The lowest BCUT2D eigenvalue weighted by Crippen LogP contribution is -2.54. The third-order valence-electron chi connectivity index (χ3n) is 26.3. The molecule has 6 fully saturated rings. The van der Waals surface area contributed by atoms with Crippen LogP contribution < -0.4 is 57.7 Å². The average Bonchev–Trinajstić information content (AvgIpc) is 1.45. The molecule has 3 atom stereocenters. The molecule has 10 heterocycles. The van der Waals surface area contributed by atoms with Crippen LogP contribution in [-0.4, -0.2) is 188 Å². The number of hydrogen-bond acceptors (Lipinski definition) is 31. The summed E-state index contributed by atoms with van der Waals surface area (Å²) in [7, 11) is 0. The highest BCUT2D eigenvalue weighted by molar-refractivity contribution is 5.99. The molecule has 34 heteroatoms. The number of hydrogen-bond donors (Lipinski definition) is 6. The average molecular weight is 1990 g/mol. The number of allylic oxidation sites excluding steroid dienone is 2. The van der Waals surface area contributed by atoms with Gasteiger partial charge < -0.3 is 77.3 Å². The van der Waals surface area contributed by atoms with Crippen molar-refractivity contribution in [3.05, 3.63) is 174 Å². The van der Waals surface area contributed by atoms with Gasteiger partial charge in [-0.25, -0.2) is 0 Å². The molecule has 16 rings (SSSR count). The number of nitrogen functional groups attached to an aromatic ring is 5. The molecule has 34 nitrogen and oxygen atoms in total. The van der Waals surface area contributed by atoms with E-state index < -0.39 is 5.41 Å². The van der Waals surface area contributed by atoms with Crippen LogP contribution in [-0.2, 0) is 67.1 Å². The summed E-state index contributed by atoms with van der Waals surface area (Å²) in [5.41, 5.74) is 45.0. The number of carbonyl (C=O) groups excluding carboxylic acids is 14. The van der Waals surface area contributed by atoms with E-state index >= 15 is 0 Å². The minimum Gasteiger partial charge on any atom is -0.492 e. The number of aryl methyl sites for hydroxylation is 5. The molecule has 2 bridgehead atoms. The predicted octanol–water partition coefficient (Wildman–Crippen LogP) is 17.0. The molecule has 5 saturated heterocycles. The lowest BCUT2D eigenvalue weighted by Gasteiger charge is -2.42. The highest BCUT2D eigenvalue weighted by Crippen LogP contribution is 2.45. The molecular weight excluding hydrogens is 1850 g/mol. The van der Waals surface area contributed by atoms with Crippen LogP contribution in [0, 0.1) is 75.0 Å². The summed E-state index contributed by atoms with van der Waals surface area (Å²) in [5, 5.41) is 7.65. The number of nitrogens with zero attached hydrogens (tertiary/aromatic N) is 9. The number of anilines is 5. The van der Waals surface area contributed by atoms with Crippen LogP contribution in [0.2, 0.25) is 0 Å². The van der Waals surface area contributed by atoms with Crippen molar-refractivity contribution in [3.63, 3.8) is 0 Å². The molecule has 0 radical (unpaired) electrons. The molecule has 10 aromatic rings. The van der Waals surface area contributed by atoms with Crippen LogP contribution in [0.5, 0.6) is 28.7 Å². The molecule has 11 N–H and O–H groups in total. The van der Waals surface area contributed by atoms with Crippen LogP contribution in [0.4, 0.5) is 28.4 Å². The number of nitrogens with two attached hydrogens (primary N) is 5. The Hall–Kier alpha value is -14.8. The second-order valence-corrected chi connectivity index (χ2v) is 39.3. The van der Waals surface area contributed by atoms with Crippen molar-refractivity contribution in [1.82, 2.24) is 49.8 Å². The fourth-order valence-corrected chi connectivity index (χ4v) is 19.2. The molecule has 5 aliphatic heterocycles. The lowest BCUT2D eigenvalue weighted by atomic mass is 9.77. The number of amides is 3. The molecule has 0 spiro atoms. The molecule has 1 saturated carbocycles. The van der Waals surface area contributed by atoms with Gasteiger partial charge in [-0.3, -0.25) is 44.1 Å². The van der Waals surface area contributed by atoms with E-state index in [0.717, 1.165) is 195 Å². The first-order valence-electron chi connectivity index (χ1n) is 49.3. The van der Waals surface area contributed by atoms with E-state index in [0.29, 0.717) is 105 Å². The van der Waals surface area contributed by atoms with Crippen molar-refractivity contribution >= 4 is 137 Å². The van der Waals surface area contributed by atoms with Crippen LogP contribution in [0.25, 0.3) is 54.5 Å². The van der Waals surface area contributed by atoms with E-state index in [9.17, 15) is 19.2 Å². The van der Waals surface area contributed by atoms with Crippen molar-refractivity contribution in [2.45, 2.75) is 244 Å². The summed E-state index contributed by atoms with van der Waals surface area (Å²) in [5.74, 6) is 6.04. The summed E-state index contributed by atoms with van der Waals surface area (Å²) in [6.07, 6.45) is 16.9. The second kappa shape index (κ2) is 56.9. The monoisotopic (exact) mass is 1990 g/mol. The van der Waals surface area contributed by atoms with Crippen LogP contribution in [0.15, 0.2) is 146 Å². The Kier molecular flexibility index (Phi) is 46.0. The van der Waals surface area contributed by atoms with E-state index in [4.69, 9.17) is 100 Å². The van der Waals surface area contributed by atoms with E-state index in [2.05, 4.69) is 80.9 Å². The van der Waals surface area contributed by atoms with E-state index in [-0.39, 0.29) is 96.4 Å². The zero-order valence-corrected chi connectivity index (χ0v) is 86.6. The molecule has 145 heavy (non-hydrogen) atoms. The lowest BCUT2D eigenvalue weighted by molar-refractivity contribution is -0.193. The molecule has 6 aliphatic rings. The summed E-state index contributed by atoms with van der Waals surface area (Å²) in [4.78, 5) is 163. The standard InChI is InChI=1S/C26H36N4O3.C22H29N3O.C21H29N3O.C19H25N3O2.C18H24N2O2.5CO2/c1-17(2)24(31)30-13-11-26(12-14-30,25(32)29-19-7-4-5-8-19)16-33-22-10-6-9-21-23(22)20(27)15-18(3)28-21;1-13(2)15(4)25-16-8-9-17(25)12-18(11-16)26-21-7-5-6-20-22(21)19(23)10-14(3)24-20;1-14(2)16(4)24-10-6-7-17(12-24)13-25-20-9-5-8-19-21(20)18(22)11-15(3)23-19;1-12(2)19(23)22-9-7-14(8-10-22)24-17-6-4-5-16-18(17)15(20)11-13(3)21-16;1-5-13(21)10-18(3,4)11-22-16-8-6-7-15-17(16)14(19)9-12(2)20-15;5*2-1-3/h6,9-10,15,17,19H,4-5,7-8,11-14,16H2,1-3H3,(H2,27,28)(H,29,32);5-7,10,13,16-18H,4,8-9,11-12H2,1-3H3,(H2,23,24);5,8-9,11,14,17H,4,6-7,10,12-13H2,1-3H3,(H2,22,23);4-6,11-12,14H,7-10H2,1-3H3,(H2,20,21);6-9H,5,10-11H2,1-4H3,(H2,19,20);;;;;. The van der Waals surface area contributed by atoms with E-state index in [1.54, 1.807) is 0 Å². The minimum absolute atomic E-state index is 0.0457. The number of pyridine rings is 5. The smallest absolute Gasteiger partial charge is 0.373 e. The summed E-state index contributed by atoms with van der Waals surface area (Å²) >= 11 is 0. The number of benzene rings is 5. The Morgan fingerprint density at radius 3 is 1.14 bits per heavy atom. The van der Waals surface area contributed by atoms with Gasteiger partial charge in [0.05, 0.1) is 73.1 Å².